The van der Waals surface area contributed by atoms with Gasteiger partial charge in [0.2, 0.25) is 0 Å². The number of carbonyl (C=O) groups excluding carboxylic acids is 1. The van der Waals surface area contributed by atoms with Crippen LogP contribution in [0.25, 0.3) is 0 Å². The van der Waals surface area contributed by atoms with Crippen LogP contribution in [0.15, 0.2) is 0 Å². The van der Waals surface area contributed by atoms with Gasteiger partial charge in [-0.3, -0.25) is 4.79 Å². The van der Waals surface area contributed by atoms with E-state index >= 15 is 0 Å². The Morgan fingerprint density at radius 3 is 2.29 bits per heavy atom. The van der Waals surface area contributed by atoms with E-state index in [1.54, 1.807) is 5.32 Å². The molecule has 96 valence electrons. The highest BCUT2D eigenvalue weighted by Crippen LogP contribution is 2.60. The standard InChI is InChI=1S/C10H12F3NO3/c11-10(12,13)8(17)14-6(7(15)16)9-2-1-5(3-9)4-9/h5-6H,1-4H2,(H,14,17)(H,15,16). The van der Waals surface area contributed by atoms with Crippen LogP contribution in [0.1, 0.15) is 25.7 Å². The third kappa shape index (κ3) is 1.98. The van der Waals surface area contributed by atoms with Crippen LogP contribution in [0.5, 0.6) is 0 Å². The van der Waals surface area contributed by atoms with Gasteiger partial charge in [-0.15, -0.1) is 0 Å². The van der Waals surface area contributed by atoms with Crippen molar-refractivity contribution in [2.75, 3.05) is 0 Å². The second-order valence-electron chi connectivity index (χ2n) is 4.92. The number of hydrogen-bond acceptors (Lipinski definition) is 2. The third-order valence-electron chi connectivity index (χ3n) is 3.83. The average Bonchev–Trinajstić information content (AvgIpc) is 2.69. The summed E-state index contributed by atoms with van der Waals surface area (Å²) in [6, 6.07) is -1.42. The van der Waals surface area contributed by atoms with Crippen molar-refractivity contribution in [3.8, 4) is 0 Å². The minimum atomic E-state index is -5.04. The summed E-state index contributed by atoms with van der Waals surface area (Å²) < 4.78 is 36.3. The number of carboxylic acids is 1. The first kappa shape index (κ1) is 12.2. The predicted octanol–water partition coefficient (Wildman–Crippen LogP) is 1.31. The van der Waals surface area contributed by atoms with Gasteiger partial charge in [-0.1, -0.05) is 0 Å². The molecular weight excluding hydrogens is 239 g/mol. The first-order valence-electron chi connectivity index (χ1n) is 5.35. The molecule has 7 heteroatoms. The monoisotopic (exact) mass is 251 g/mol. The first-order chi connectivity index (χ1) is 7.74. The maximum absolute atomic E-state index is 12.1. The smallest absolute Gasteiger partial charge is 0.471 e. The fourth-order valence-electron chi connectivity index (χ4n) is 3.06. The average molecular weight is 251 g/mol. The van der Waals surface area contributed by atoms with Gasteiger partial charge < -0.3 is 10.4 Å². The first-order valence-corrected chi connectivity index (χ1v) is 5.35. The van der Waals surface area contributed by atoms with Crippen LogP contribution in [-0.2, 0) is 9.59 Å². The lowest BCUT2D eigenvalue weighted by Crippen LogP contribution is -2.57. The van der Waals surface area contributed by atoms with E-state index < -0.39 is 29.5 Å². The van der Waals surface area contributed by atoms with Crippen LogP contribution in [-0.4, -0.2) is 29.2 Å². The van der Waals surface area contributed by atoms with Gasteiger partial charge in [0.1, 0.15) is 6.04 Å². The number of hydrogen-bond donors (Lipinski definition) is 2. The van der Waals surface area contributed by atoms with E-state index in [0.717, 1.165) is 6.42 Å². The van der Waals surface area contributed by atoms with E-state index in [2.05, 4.69) is 0 Å². The summed E-state index contributed by atoms with van der Waals surface area (Å²) >= 11 is 0. The Labute approximate surface area is 95.2 Å². The van der Waals surface area contributed by atoms with Gasteiger partial charge in [-0.2, -0.15) is 13.2 Å². The van der Waals surface area contributed by atoms with E-state index in [0.29, 0.717) is 25.2 Å². The molecule has 0 radical (unpaired) electrons. The highest BCUT2D eigenvalue weighted by atomic mass is 19.4. The lowest BCUT2D eigenvalue weighted by molar-refractivity contribution is -0.177. The molecule has 0 heterocycles. The molecule has 3 aliphatic carbocycles. The molecule has 2 bridgehead atoms. The van der Waals surface area contributed by atoms with Crippen LogP contribution in [0, 0.1) is 11.3 Å². The fourth-order valence-corrected chi connectivity index (χ4v) is 3.06. The number of aliphatic carboxylic acids is 1. The Hall–Kier alpha value is -1.27. The molecule has 2 N–H and O–H groups in total. The summed E-state index contributed by atoms with van der Waals surface area (Å²) in [6.07, 6.45) is -2.42. The minimum Gasteiger partial charge on any atom is -0.480 e. The molecule has 0 spiro atoms. The molecule has 0 saturated heterocycles. The SMILES string of the molecule is O=C(O)C(NC(=O)C(F)(F)F)C12CCC(C1)C2. The van der Waals surface area contributed by atoms with Gasteiger partial charge in [-0.05, 0) is 31.6 Å². The number of alkyl halides is 3. The summed E-state index contributed by atoms with van der Waals surface area (Å²) in [5, 5.41) is 10.6. The molecule has 0 aromatic heterocycles. The summed E-state index contributed by atoms with van der Waals surface area (Å²) in [6.45, 7) is 0. The van der Waals surface area contributed by atoms with E-state index in [4.69, 9.17) is 5.11 Å². The van der Waals surface area contributed by atoms with Crippen molar-refractivity contribution in [3.05, 3.63) is 0 Å². The van der Waals surface area contributed by atoms with E-state index in [9.17, 15) is 22.8 Å². The van der Waals surface area contributed by atoms with Crippen LogP contribution >= 0.6 is 0 Å². The number of carboxylic acid groups (broad SMARTS) is 1. The van der Waals surface area contributed by atoms with Crippen LogP contribution in [0.2, 0.25) is 0 Å². The van der Waals surface area contributed by atoms with Gasteiger partial charge in [0.25, 0.3) is 0 Å². The van der Waals surface area contributed by atoms with Crippen molar-refractivity contribution in [1.29, 1.82) is 0 Å². The number of nitrogens with one attached hydrogen (secondary N) is 1. The Morgan fingerprint density at radius 1 is 1.35 bits per heavy atom. The molecule has 3 fully saturated rings. The van der Waals surface area contributed by atoms with Crippen LogP contribution in [0.3, 0.4) is 0 Å². The predicted molar refractivity (Wildman–Crippen MR) is 50.0 cm³/mol. The number of rotatable bonds is 3. The number of halogens is 3. The molecule has 0 aromatic carbocycles. The van der Waals surface area contributed by atoms with Gasteiger partial charge in [0.05, 0.1) is 0 Å². The molecule has 0 aromatic rings. The van der Waals surface area contributed by atoms with E-state index in [-0.39, 0.29) is 0 Å². The number of carbonyl (C=O) groups is 2. The Morgan fingerprint density at radius 2 is 1.94 bits per heavy atom. The second kappa shape index (κ2) is 3.61. The Balaban J connectivity index is 2.09. The van der Waals surface area contributed by atoms with E-state index in [1.165, 1.54) is 0 Å². The third-order valence-corrected chi connectivity index (χ3v) is 3.83. The lowest BCUT2D eigenvalue weighted by Gasteiger charge is -2.42. The molecule has 17 heavy (non-hydrogen) atoms. The zero-order valence-corrected chi connectivity index (χ0v) is 8.88. The molecular formula is C10H12F3NO3. The summed E-state index contributed by atoms with van der Waals surface area (Å²) in [5.41, 5.74) is -0.655. The summed E-state index contributed by atoms with van der Waals surface area (Å²) in [4.78, 5) is 21.8. The molecule has 1 unspecified atom stereocenters. The van der Waals surface area contributed by atoms with Gasteiger partial charge in [-0.25, -0.2) is 4.79 Å². The van der Waals surface area contributed by atoms with Crippen molar-refractivity contribution < 1.29 is 27.9 Å². The van der Waals surface area contributed by atoms with Crippen molar-refractivity contribution in [1.82, 2.24) is 5.32 Å². The lowest BCUT2D eigenvalue weighted by atomic mass is 9.65. The zero-order chi connectivity index (χ0) is 12.8. The molecule has 0 aliphatic heterocycles. The highest BCUT2D eigenvalue weighted by Gasteiger charge is 2.58. The molecule has 1 amide bonds. The maximum Gasteiger partial charge on any atom is 0.471 e. The quantitative estimate of drug-likeness (QED) is 0.794. The topological polar surface area (TPSA) is 66.4 Å². The largest absolute Gasteiger partial charge is 0.480 e. The molecule has 3 aliphatic rings. The zero-order valence-electron chi connectivity index (χ0n) is 8.88. The second-order valence-corrected chi connectivity index (χ2v) is 4.92. The van der Waals surface area contributed by atoms with Crippen molar-refractivity contribution in [2.45, 2.75) is 37.9 Å². The molecule has 3 rings (SSSR count). The molecule has 1 atom stereocenters. The highest BCUT2D eigenvalue weighted by molar-refractivity contribution is 5.87. The molecule has 3 saturated carbocycles. The Kier molecular flexibility index (Phi) is 2.59. The van der Waals surface area contributed by atoms with Crippen LogP contribution < -0.4 is 5.32 Å². The Bertz CT molecular complexity index is 355. The number of amides is 1. The fraction of sp³-hybridized carbons (Fsp3) is 0.800. The van der Waals surface area contributed by atoms with Gasteiger partial charge in [0, 0.05) is 5.41 Å². The summed E-state index contributed by atoms with van der Waals surface area (Å²) in [7, 11) is 0. The van der Waals surface area contributed by atoms with Crippen LogP contribution in [0.4, 0.5) is 13.2 Å². The normalized spacial score (nSPS) is 32.8. The van der Waals surface area contributed by atoms with Crippen molar-refractivity contribution >= 4 is 11.9 Å². The van der Waals surface area contributed by atoms with Crippen molar-refractivity contribution in [2.24, 2.45) is 11.3 Å². The number of fused-ring (bicyclic) bond motifs is 1. The van der Waals surface area contributed by atoms with Crippen molar-refractivity contribution in [3.63, 3.8) is 0 Å². The molecule has 4 nitrogen and oxygen atoms in total. The maximum atomic E-state index is 12.1. The van der Waals surface area contributed by atoms with Gasteiger partial charge >= 0.3 is 18.1 Å². The summed E-state index contributed by atoms with van der Waals surface area (Å²) in [5.74, 6) is -3.14. The van der Waals surface area contributed by atoms with Gasteiger partial charge in [0.15, 0.2) is 0 Å². The minimum absolute atomic E-state index is 0.416. The van der Waals surface area contributed by atoms with E-state index in [1.807, 2.05) is 0 Å².